The van der Waals surface area contributed by atoms with Gasteiger partial charge in [-0.25, -0.2) is 0 Å². The van der Waals surface area contributed by atoms with Gasteiger partial charge in [0.25, 0.3) is 0 Å². The lowest BCUT2D eigenvalue weighted by molar-refractivity contribution is 1.05. The lowest BCUT2D eigenvalue weighted by atomic mass is 9.96. The first kappa shape index (κ1) is 14.3. The fourth-order valence-corrected chi connectivity index (χ4v) is 3.87. The maximum atomic E-state index is 2.36. The smallest absolute Gasteiger partial charge is 0.0541 e. The minimum absolute atomic E-state index is 1.12. The molecule has 0 fully saturated rings. The number of hydrogen-bond donors (Lipinski definition) is 0. The average Bonchev–Trinajstić information content (AvgIpc) is 3.03. The molecular weight excluding hydrogens is 302 g/mol. The van der Waals surface area contributed by atoms with E-state index in [9.17, 15) is 0 Å². The molecule has 1 nitrogen and oxygen atoms in total. The van der Waals surface area contributed by atoms with Crippen LogP contribution in [0.3, 0.4) is 0 Å². The molecule has 0 saturated carbocycles. The topological polar surface area (TPSA) is 4.93 Å². The normalized spacial score (nSPS) is 14.2. The van der Waals surface area contributed by atoms with E-state index in [1.807, 2.05) is 0 Å². The molecule has 120 valence electrons. The number of rotatable bonds is 2. The van der Waals surface area contributed by atoms with Crippen molar-refractivity contribution < 1.29 is 0 Å². The van der Waals surface area contributed by atoms with Crippen LogP contribution in [0.4, 0.5) is 0 Å². The Morgan fingerprint density at radius 2 is 1.52 bits per heavy atom. The zero-order valence-corrected chi connectivity index (χ0v) is 14.0. The Balaban J connectivity index is 1.82. The first-order valence-corrected chi connectivity index (χ1v) is 8.86. The number of benzene rings is 3. The Morgan fingerprint density at radius 3 is 2.36 bits per heavy atom. The average molecular weight is 321 g/mol. The van der Waals surface area contributed by atoms with Crippen LogP contribution in [0.15, 0.2) is 91.0 Å². The fourth-order valence-electron chi connectivity index (χ4n) is 3.87. The molecule has 0 saturated heterocycles. The largest absolute Gasteiger partial charge is 0.309 e. The van der Waals surface area contributed by atoms with Crippen LogP contribution < -0.4 is 0 Å². The van der Waals surface area contributed by atoms with E-state index in [4.69, 9.17) is 0 Å². The van der Waals surface area contributed by atoms with Crippen molar-refractivity contribution in [3.63, 3.8) is 0 Å². The van der Waals surface area contributed by atoms with E-state index in [0.717, 1.165) is 12.8 Å². The van der Waals surface area contributed by atoms with Gasteiger partial charge in [0.15, 0.2) is 0 Å². The molecule has 1 aliphatic rings. The highest BCUT2D eigenvalue weighted by molar-refractivity contribution is 6.10. The number of para-hydroxylation sites is 2. The molecule has 5 rings (SSSR count). The number of nitrogens with zero attached hydrogens (tertiary/aromatic N) is 1. The lowest BCUT2D eigenvalue weighted by Crippen LogP contribution is -1.93. The van der Waals surface area contributed by atoms with Gasteiger partial charge >= 0.3 is 0 Å². The molecule has 0 radical (unpaired) electrons. The molecule has 0 atom stereocenters. The summed E-state index contributed by atoms with van der Waals surface area (Å²) in [7, 11) is 0. The summed E-state index contributed by atoms with van der Waals surface area (Å²) in [6.07, 6.45) is 8.93. The van der Waals surface area contributed by atoms with Gasteiger partial charge in [-0.3, -0.25) is 0 Å². The van der Waals surface area contributed by atoms with Crippen LogP contribution in [0.5, 0.6) is 0 Å². The summed E-state index contributed by atoms with van der Waals surface area (Å²) in [6, 6.07) is 26.2. The van der Waals surface area contributed by atoms with Gasteiger partial charge in [0, 0.05) is 16.5 Å². The molecule has 25 heavy (non-hydrogen) atoms. The number of hydrogen-bond acceptors (Lipinski definition) is 0. The van der Waals surface area contributed by atoms with Gasteiger partial charge in [-0.05, 0) is 54.3 Å². The molecule has 4 aromatic rings. The highest BCUT2D eigenvalue weighted by Crippen LogP contribution is 2.34. The summed E-state index contributed by atoms with van der Waals surface area (Å²) < 4.78 is 2.36. The monoisotopic (exact) mass is 321 g/mol. The van der Waals surface area contributed by atoms with E-state index < -0.39 is 0 Å². The highest BCUT2D eigenvalue weighted by Gasteiger charge is 2.13. The molecule has 1 aliphatic carbocycles. The minimum atomic E-state index is 1.12. The molecule has 0 N–H and O–H groups in total. The standard InChI is InChI=1S/C24H19N/c1-3-9-18(10-4-1)19-15-16-24-22(17-19)21-13-7-8-14-23(21)25(24)20-11-5-2-6-12-20/h1-3,5-9,11-17H,4,10H2. The van der Waals surface area contributed by atoms with E-state index >= 15 is 0 Å². The van der Waals surface area contributed by atoms with Gasteiger partial charge in [0.2, 0.25) is 0 Å². The van der Waals surface area contributed by atoms with Gasteiger partial charge < -0.3 is 4.57 Å². The molecular formula is C24H19N. The van der Waals surface area contributed by atoms with Crippen LogP contribution in [-0.2, 0) is 0 Å². The van der Waals surface area contributed by atoms with Crippen molar-refractivity contribution in [3.8, 4) is 5.69 Å². The second kappa shape index (κ2) is 5.78. The summed E-state index contributed by atoms with van der Waals surface area (Å²) in [5, 5.41) is 2.64. The predicted octanol–water partition coefficient (Wildman–Crippen LogP) is 6.52. The summed E-state index contributed by atoms with van der Waals surface area (Å²) in [4.78, 5) is 0. The molecule has 0 aliphatic heterocycles. The van der Waals surface area contributed by atoms with Gasteiger partial charge in [0.1, 0.15) is 0 Å². The number of fused-ring (bicyclic) bond motifs is 3. The second-order valence-electron chi connectivity index (χ2n) is 6.58. The summed E-state index contributed by atoms with van der Waals surface area (Å²) in [5.41, 5.74) is 6.51. The Hall–Kier alpha value is -3.06. The Morgan fingerprint density at radius 1 is 0.720 bits per heavy atom. The Bertz CT molecular complexity index is 1130. The predicted molar refractivity (Wildman–Crippen MR) is 107 cm³/mol. The van der Waals surface area contributed by atoms with Gasteiger partial charge in [0.05, 0.1) is 11.0 Å². The van der Waals surface area contributed by atoms with E-state index in [2.05, 4.69) is 95.6 Å². The van der Waals surface area contributed by atoms with Crippen molar-refractivity contribution in [2.45, 2.75) is 12.8 Å². The molecule has 3 aromatic carbocycles. The highest BCUT2D eigenvalue weighted by atomic mass is 15.0. The zero-order valence-electron chi connectivity index (χ0n) is 14.0. The van der Waals surface area contributed by atoms with Crippen LogP contribution in [0.2, 0.25) is 0 Å². The van der Waals surface area contributed by atoms with Crippen molar-refractivity contribution in [1.82, 2.24) is 4.57 Å². The third-order valence-electron chi connectivity index (χ3n) is 5.07. The van der Waals surface area contributed by atoms with Crippen molar-refractivity contribution in [2.24, 2.45) is 0 Å². The van der Waals surface area contributed by atoms with Crippen molar-refractivity contribution in [3.05, 3.63) is 96.6 Å². The van der Waals surface area contributed by atoms with Crippen molar-refractivity contribution in [2.75, 3.05) is 0 Å². The Kier molecular flexibility index (Phi) is 3.31. The second-order valence-corrected chi connectivity index (χ2v) is 6.58. The quantitative estimate of drug-likeness (QED) is 0.396. The maximum Gasteiger partial charge on any atom is 0.0541 e. The molecule has 1 aromatic heterocycles. The fraction of sp³-hybridized carbons (Fsp3) is 0.0833. The van der Waals surface area contributed by atoms with Crippen LogP contribution in [0.1, 0.15) is 18.4 Å². The Labute approximate surface area is 147 Å². The molecule has 1 heterocycles. The van der Waals surface area contributed by atoms with Crippen LogP contribution in [-0.4, -0.2) is 4.57 Å². The minimum Gasteiger partial charge on any atom is -0.309 e. The van der Waals surface area contributed by atoms with Crippen LogP contribution in [0, 0.1) is 0 Å². The molecule has 0 bridgehead atoms. The van der Waals surface area contributed by atoms with E-state index in [1.54, 1.807) is 0 Å². The van der Waals surface area contributed by atoms with Crippen molar-refractivity contribution in [1.29, 1.82) is 0 Å². The van der Waals surface area contributed by atoms with Crippen LogP contribution in [0.25, 0.3) is 33.1 Å². The molecule has 0 spiro atoms. The van der Waals surface area contributed by atoms with Gasteiger partial charge in [-0.2, -0.15) is 0 Å². The zero-order chi connectivity index (χ0) is 16.6. The third-order valence-corrected chi connectivity index (χ3v) is 5.07. The van der Waals surface area contributed by atoms with Crippen LogP contribution >= 0.6 is 0 Å². The lowest BCUT2D eigenvalue weighted by Gasteiger charge is -2.10. The first-order valence-electron chi connectivity index (χ1n) is 8.86. The first-order chi connectivity index (χ1) is 12.4. The number of allylic oxidation sites excluding steroid dienone is 4. The maximum absolute atomic E-state index is 2.36. The van der Waals surface area contributed by atoms with Crippen molar-refractivity contribution >= 4 is 27.4 Å². The third kappa shape index (κ3) is 2.32. The number of aromatic nitrogens is 1. The van der Waals surface area contributed by atoms with Gasteiger partial charge in [-0.1, -0.05) is 60.7 Å². The summed E-state index contributed by atoms with van der Waals surface area (Å²) in [5.74, 6) is 0. The van der Waals surface area contributed by atoms with E-state index in [-0.39, 0.29) is 0 Å². The van der Waals surface area contributed by atoms with Gasteiger partial charge in [-0.15, -0.1) is 0 Å². The molecule has 0 amide bonds. The summed E-state index contributed by atoms with van der Waals surface area (Å²) in [6.45, 7) is 0. The van der Waals surface area contributed by atoms with E-state index in [1.165, 1.54) is 38.6 Å². The summed E-state index contributed by atoms with van der Waals surface area (Å²) >= 11 is 0. The SMILES string of the molecule is C1=CCCC(c2ccc3c(c2)c2ccccc2n3-c2ccccc2)=C1. The molecule has 0 unspecified atom stereocenters. The molecule has 1 heteroatoms. The van der Waals surface area contributed by atoms with E-state index in [0.29, 0.717) is 0 Å².